The molecule has 0 heterocycles. The largest absolute Gasteiger partial charge is 0.394 e. The van der Waals surface area contributed by atoms with Gasteiger partial charge in [-0.2, -0.15) is 0 Å². The first kappa shape index (κ1) is 14.8. The number of rotatable bonds is 7. The fourth-order valence-corrected chi connectivity index (χ4v) is 1.36. The predicted molar refractivity (Wildman–Crippen MR) is 62.3 cm³/mol. The molecule has 0 radical (unpaired) electrons. The zero-order chi connectivity index (χ0) is 12.1. The Morgan fingerprint density at radius 3 is 2.20 bits per heavy atom. The number of aliphatic hydroxyl groups is 2. The van der Waals surface area contributed by atoms with Crippen LogP contribution in [0.1, 0.15) is 40.0 Å². The Hall–Kier alpha value is -0.160. The monoisotopic (exact) mass is 218 g/mol. The second-order valence-corrected chi connectivity index (χ2v) is 5.07. The maximum Gasteiger partial charge on any atom is 0.0921 e. The van der Waals surface area contributed by atoms with Gasteiger partial charge in [-0.05, 0) is 32.6 Å². The van der Waals surface area contributed by atoms with Crippen molar-refractivity contribution >= 4 is 0 Å². The molecule has 3 unspecified atom stereocenters. The molecule has 0 spiro atoms. The van der Waals surface area contributed by atoms with Crippen molar-refractivity contribution in [2.75, 3.05) is 6.61 Å². The highest BCUT2D eigenvalue weighted by Gasteiger charge is 2.20. The van der Waals surface area contributed by atoms with E-state index in [0.717, 1.165) is 19.3 Å². The molecule has 4 nitrogen and oxygen atoms in total. The first-order valence-corrected chi connectivity index (χ1v) is 5.62. The van der Waals surface area contributed by atoms with Gasteiger partial charge in [0.15, 0.2) is 0 Å². The van der Waals surface area contributed by atoms with Crippen molar-refractivity contribution in [2.24, 2.45) is 17.4 Å². The summed E-state index contributed by atoms with van der Waals surface area (Å²) in [4.78, 5) is 0. The van der Waals surface area contributed by atoms with Gasteiger partial charge in [-0.1, -0.05) is 13.3 Å². The minimum absolute atomic E-state index is 0.167. The fourth-order valence-electron chi connectivity index (χ4n) is 1.36. The maximum atomic E-state index is 9.25. The third-order valence-electron chi connectivity index (χ3n) is 3.13. The molecule has 0 aromatic carbocycles. The number of hydrogen-bond acceptors (Lipinski definition) is 4. The van der Waals surface area contributed by atoms with Gasteiger partial charge in [-0.15, -0.1) is 0 Å². The second-order valence-electron chi connectivity index (χ2n) is 5.07. The van der Waals surface area contributed by atoms with Crippen LogP contribution in [0, 0.1) is 5.92 Å². The Morgan fingerprint density at radius 1 is 1.27 bits per heavy atom. The number of aliphatic hydroxyl groups excluding tert-OH is 2. The van der Waals surface area contributed by atoms with Crippen LogP contribution in [-0.2, 0) is 0 Å². The van der Waals surface area contributed by atoms with Crippen LogP contribution in [0.2, 0.25) is 0 Å². The Labute approximate surface area is 92.7 Å². The van der Waals surface area contributed by atoms with Crippen LogP contribution >= 0.6 is 0 Å². The molecular weight excluding hydrogens is 192 g/mol. The summed E-state index contributed by atoms with van der Waals surface area (Å²) in [6, 6.07) is -0.330. The quantitative estimate of drug-likeness (QED) is 0.491. The van der Waals surface area contributed by atoms with E-state index in [0.29, 0.717) is 5.92 Å². The highest BCUT2D eigenvalue weighted by atomic mass is 16.3. The standard InChI is InChI=1S/C11H26N2O2/c1-8(11(2,3)13)5-4-6-9(12)10(15)7-14/h8-10,14-15H,4-7,12-13H2,1-3H3. The van der Waals surface area contributed by atoms with E-state index in [1.807, 2.05) is 13.8 Å². The lowest BCUT2D eigenvalue weighted by Gasteiger charge is -2.27. The second kappa shape index (κ2) is 6.43. The minimum Gasteiger partial charge on any atom is -0.394 e. The van der Waals surface area contributed by atoms with Crippen LogP contribution in [0.3, 0.4) is 0 Å². The third kappa shape index (κ3) is 6.10. The van der Waals surface area contributed by atoms with Gasteiger partial charge in [0.25, 0.3) is 0 Å². The van der Waals surface area contributed by atoms with E-state index in [1.165, 1.54) is 0 Å². The lowest BCUT2D eigenvalue weighted by atomic mass is 9.85. The molecule has 92 valence electrons. The zero-order valence-corrected chi connectivity index (χ0v) is 10.1. The minimum atomic E-state index is -0.800. The molecule has 15 heavy (non-hydrogen) atoms. The molecule has 4 heteroatoms. The molecule has 0 aromatic rings. The normalized spacial score (nSPS) is 18.6. The van der Waals surface area contributed by atoms with Crippen molar-refractivity contribution in [3.8, 4) is 0 Å². The van der Waals surface area contributed by atoms with E-state index < -0.39 is 6.10 Å². The lowest BCUT2D eigenvalue weighted by molar-refractivity contribution is 0.0705. The first-order chi connectivity index (χ1) is 6.79. The SMILES string of the molecule is CC(CCCC(N)C(O)CO)C(C)(C)N. The third-order valence-corrected chi connectivity index (χ3v) is 3.13. The Bertz CT molecular complexity index is 168. The summed E-state index contributed by atoms with van der Waals surface area (Å²) in [5.74, 6) is 0.427. The fraction of sp³-hybridized carbons (Fsp3) is 1.00. The molecule has 0 saturated carbocycles. The molecule has 0 rings (SSSR count). The topological polar surface area (TPSA) is 92.5 Å². The summed E-state index contributed by atoms with van der Waals surface area (Å²) >= 11 is 0. The van der Waals surface area contributed by atoms with Crippen LogP contribution in [0.25, 0.3) is 0 Å². The van der Waals surface area contributed by atoms with Crippen molar-refractivity contribution in [3.63, 3.8) is 0 Å². The van der Waals surface area contributed by atoms with Crippen molar-refractivity contribution in [2.45, 2.75) is 57.7 Å². The van der Waals surface area contributed by atoms with Crippen molar-refractivity contribution in [1.82, 2.24) is 0 Å². The van der Waals surface area contributed by atoms with Crippen LogP contribution in [0.4, 0.5) is 0 Å². The molecule has 6 N–H and O–H groups in total. The molecule has 0 aliphatic heterocycles. The molecule has 0 saturated heterocycles. The number of nitrogens with two attached hydrogens (primary N) is 2. The summed E-state index contributed by atoms with van der Waals surface area (Å²) < 4.78 is 0. The van der Waals surface area contributed by atoms with Crippen LogP contribution < -0.4 is 11.5 Å². The maximum absolute atomic E-state index is 9.25. The van der Waals surface area contributed by atoms with Gasteiger partial charge >= 0.3 is 0 Å². The average Bonchev–Trinajstić information content (AvgIpc) is 2.14. The highest BCUT2D eigenvalue weighted by molar-refractivity contribution is 4.79. The van der Waals surface area contributed by atoms with E-state index >= 15 is 0 Å². The smallest absolute Gasteiger partial charge is 0.0921 e. The van der Waals surface area contributed by atoms with E-state index in [-0.39, 0.29) is 18.2 Å². The molecular formula is C11H26N2O2. The highest BCUT2D eigenvalue weighted by Crippen LogP contribution is 2.19. The van der Waals surface area contributed by atoms with E-state index in [2.05, 4.69) is 6.92 Å². The molecule has 0 bridgehead atoms. The molecule has 0 aliphatic rings. The van der Waals surface area contributed by atoms with Gasteiger partial charge in [-0.3, -0.25) is 0 Å². The van der Waals surface area contributed by atoms with Crippen molar-refractivity contribution < 1.29 is 10.2 Å². The van der Waals surface area contributed by atoms with E-state index in [1.54, 1.807) is 0 Å². The predicted octanol–water partition coefficient (Wildman–Crippen LogP) is 0.211. The van der Waals surface area contributed by atoms with Gasteiger partial charge in [-0.25, -0.2) is 0 Å². The summed E-state index contributed by atoms with van der Waals surface area (Å²) in [7, 11) is 0. The van der Waals surface area contributed by atoms with Gasteiger partial charge in [0.2, 0.25) is 0 Å². The Morgan fingerprint density at radius 2 is 1.80 bits per heavy atom. The van der Waals surface area contributed by atoms with Crippen LogP contribution in [0.5, 0.6) is 0 Å². The zero-order valence-electron chi connectivity index (χ0n) is 10.1. The van der Waals surface area contributed by atoms with Crippen LogP contribution in [-0.4, -0.2) is 34.5 Å². The van der Waals surface area contributed by atoms with Gasteiger partial charge in [0.05, 0.1) is 12.7 Å². The summed E-state index contributed by atoms with van der Waals surface area (Å²) in [5.41, 5.74) is 11.5. The van der Waals surface area contributed by atoms with Crippen molar-refractivity contribution in [1.29, 1.82) is 0 Å². The Balaban J connectivity index is 3.71. The van der Waals surface area contributed by atoms with Gasteiger partial charge < -0.3 is 21.7 Å². The molecule has 3 atom stereocenters. The lowest BCUT2D eigenvalue weighted by Crippen LogP contribution is -2.40. The van der Waals surface area contributed by atoms with Gasteiger partial charge in [0, 0.05) is 11.6 Å². The molecule has 0 fully saturated rings. The van der Waals surface area contributed by atoms with E-state index in [9.17, 15) is 5.11 Å². The Kier molecular flexibility index (Phi) is 6.36. The average molecular weight is 218 g/mol. The summed E-state index contributed by atoms with van der Waals surface area (Å²) in [6.45, 7) is 5.88. The first-order valence-electron chi connectivity index (χ1n) is 5.62. The van der Waals surface area contributed by atoms with Gasteiger partial charge in [0.1, 0.15) is 0 Å². The molecule has 0 aromatic heterocycles. The molecule has 0 aliphatic carbocycles. The summed E-state index contributed by atoms with van der Waals surface area (Å²) in [5, 5.41) is 17.9. The van der Waals surface area contributed by atoms with E-state index in [4.69, 9.17) is 16.6 Å². The van der Waals surface area contributed by atoms with Crippen LogP contribution in [0.15, 0.2) is 0 Å². The summed E-state index contributed by atoms with van der Waals surface area (Å²) in [6.07, 6.45) is 1.85. The number of hydrogen-bond donors (Lipinski definition) is 4. The molecule has 0 amide bonds. The van der Waals surface area contributed by atoms with Crippen molar-refractivity contribution in [3.05, 3.63) is 0 Å².